The second-order valence-corrected chi connectivity index (χ2v) is 15.3. The van der Waals surface area contributed by atoms with Crippen LogP contribution in [0, 0.1) is 0 Å². The summed E-state index contributed by atoms with van der Waals surface area (Å²) in [6.45, 7) is 0. The third kappa shape index (κ3) is 4.57. The quantitative estimate of drug-likeness (QED) is 0.182. The summed E-state index contributed by atoms with van der Waals surface area (Å²) in [4.78, 5) is 10.6. The van der Waals surface area contributed by atoms with E-state index in [1.165, 1.54) is 63.9 Å². The Balaban J connectivity index is 1.04. The van der Waals surface area contributed by atoms with Gasteiger partial charge in [-0.2, -0.15) is 0 Å². The van der Waals surface area contributed by atoms with Crippen LogP contribution in [0.1, 0.15) is 0 Å². The Morgan fingerprint density at radius 2 is 0.891 bits per heavy atom. The molecule has 4 heterocycles. The monoisotopic (exact) mass is 718 g/mol. The minimum absolute atomic E-state index is 0.666. The van der Waals surface area contributed by atoms with Gasteiger partial charge in [0.15, 0.2) is 0 Å². The molecule has 0 bridgehead atoms. The maximum absolute atomic E-state index is 5.40. The zero-order chi connectivity index (χ0) is 36.0. The van der Waals surface area contributed by atoms with E-state index in [4.69, 9.17) is 9.97 Å². The van der Waals surface area contributed by atoms with E-state index in [1.54, 1.807) is 0 Å². The summed E-state index contributed by atoms with van der Waals surface area (Å²) < 4.78 is 7.16. The lowest BCUT2D eigenvalue weighted by Gasteiger charge is -2.12. The van der Waals surface area contributed by atoms with Crippen molar-refractivity contribution < 1.29 is 0 Å². The van der Waals surface area contributed by atoms with Crippen LogP contribution in [0.2, 0.25) is 0 Å². The number of hydrogen-bond donors (Lipinski definition) is 0. The van der Waals surface area contributed by atoms with Crippen molar-refractivity contribution >= 4 is 86.0 Å². The van der Waals surface area contributed by atoms with E-state index in [2.05, 4.69) is 191 Å². The predicted molar refractivity (Wildman–Crippen MR) is 232 cm³/mol. The largest absolute Gasteiger partial charge is 0.309 e. The Morgan fingerprint density at radius 3 is 1.64 bits per heavy atom. The Bertz CT molecular complexity index is 3500. The molecule has 0 aliphatic heterocycles. The molecule has 0 atom stereocenters. The summed E-state index contributed by atoms with van der Waals surface area (Å²) in [6, 6.07) is 65.4. The lowest BCUT2D eigenvalue weighted by molar-refractivity contribution is 1.01. The first-order valence-electron chi connectivity index (χ1n) is 18.6. The third-order valence-corrected chi connectivity index (χ3v) is 12.3. The molecular formula is C50H30N4S. The lowest BCUT2D eigenvalue weighted by Crippen LogP contribution is -2.03. The van der Waals surface area contributed by atoms with Gasteiger partial charge in [-0.05, 0) is 77.9 Å². The fraction of sp³-hybridized carbons (Fsp3) is 0. The van der Waals surface area contributed by atoms with Crippen molar-refractivity contribution in [1.29, 1.82) is 0 Å². The average Bonchev–Trinajstić information content (AvgIpc) is 3.90. The van der Waals surface area contributed by atoms with Crippen molar-refractivity contribution in [3.63, 3.8) is 0 Å². The summed E-state index contributed by atoms with van der Waals surface area (Å²) >= 11 is 1.83. The van der Waals surface area contributed by atoms with Gasteiger partial charge in [0.2, 0.25) is 5.95 Å². The molecule has 256 valence electrons. The number of hydrogen-bond acceptors (Lipinski definition) is 3. The molecule has 0 spiro atoms. The number of rotatable bonds is 4. The number of para-hydroxylation sites is 4. The van der Waals surface area contributed by atoms with Gasteiger partial charge < -0.3 is 4.57 Å². The maximum Gasteiger partial charge on any atom is 0.235 e. The maximum atomic E-state index is 5.40. The second-order valence-electron chi connectivity index (χ2n) is 14.2. The van der Waals surface area contributed by atoms with Gasteiger partial charge in [0.25, 0.3) is 0 Å². The van der Waals surface area contributed by atoms with Crippen molar-refractivity contribution in [2.75, 3.05) is 0 Å². The number of fused-ring (bicyclic) bond motifs is 10. The molecule has 0 unspecified atom stereocenters. The number of benzene rings is 8. The highest BCUT2D eigenvalue weighted by Gasteiger charge is 2.19. The molecule has 12 rings (SSSR count). The van der Waals surface area contributed by atoms with Crippen molar-refractivity contribution in [2.45, 2.75) is 0 Å². The minimum atomic E-state index is 0.666. The van der Waals surface area contributed by atoms with Crippen LogP contribution in [0.5, 0.6) is 0 Å². The fourth-order valence-corrected chi connectivity index (χ4v) is 9.78. The molecule has 55 heavy (non-hydrogen) atoms. The van der Waals surface area contributed by atoms with Gasteiger partial charge in [-0.15, -0.1) is 11.3 Å². The van der Waals surface area contributed by atoms with Crippen LogP contribution >= 0.6 is 11.3 Å². The van der Waals surface area contributed by atoms with Crippen LogP contribution in [-0.2, 0) is 0 Å². The second kappa shape index (κ2) is 11.7. The molecule has 0 fully saturated rings. The predicted octanol–water partition coefficient (Wildman–Crippen LogP) is 13.5. The van der Waals surface area contributed by atoms with E-state index >= 15 is 0 Å². The molecule has 0 aliphatic rings. The van der Waals surface area contributed by atoms with Crippen LogP contribution in [0.15, 0.2) is 182 Å². The Kier molecular flexibility index (Phi) is 6.47. The van der Waals surface area contributed by atoms with Crippen LogP contribution in [-0.4, -0.2) is 19.1 Å². The van der Waals surface area contributed by atoms with E-state index in [9.17, 15) is 0 Å². The first-order valence-corrected chi connectivity index (χ1v) is 19.4. The highest BCUT2D eigenvalue weighted by atomic mass is 32.1. The molecule has 12 aromatic rings. The topological polar surface area (TPSA) is 35.6 Å². The zero-order valence-corrected chi connectivity index (χ0v) is 30.3. The standard InChI is InChI=1S/C50H30N4S/c1-2-12-34(13-3-1)53-43-19-9-5-14-35(43)40-28-31(23-26-45(40)53)32-24-27-46-41(29-32)36-15-6-10-20-44(36)54(46)50-51-42-18-8-4-17-39(42)49(52-50)33-22-25-38-37-16-7-11-21-47(37)55-48(38)30-33/h1-30H. The van der Waals surface area contributed by atoms with Crippen LogP contribution in [0.4, 0.5) is 0 Å². The molecule has 0 N–H and O–H groups in total. The first-order chi connectivity index (χ1) is 27.3. The van der Waals surface area contributed by atoms with Crippen molar-refractivity contribution in [2.24, 2.45) is 0 Å². The van der Waals surface area contributed by atoms with Crippen LogP contribution in [0.25, 0.3) is 109 Å². The first kappa shape index (κ1) is 30.4. The molecule has 0 saturated carbocycles. The molecule has 4 nitrogen and oxygen atoms in total. The fourth-order valence-electron chi connectivity index (χ4n) is 8.63. The Morgan fingerprint density at radius 1 is 0.345 bits per heavy atom. The lowest BCUT2D eigenvalue weighted by atomic mass is 10.0. The van der Waals surface area contributed by atoms with Gasteiger partial charge in [-0.1, -0.05) is 115 Å². The van der Waals surface area contributed by atoms with Gasteiger partial charge >= 0.3 is 0 Å². The Labute approximate surface area is 319 Å². The van der Waals surface area contributed by atoms with Crippen LogP contribution < -0.4 is 0 Å². The molecule has 8 aromatic carbocycles. The minimum Gasteiger partial charge on any atom is -0.309 e. The molecule has 0 radical (unpaired) electrons. The summed E-state index contributed by atoms with van der Waals surface area (Å²) in [5.74, 6) is 0.666. The molecule has 4 aromatic heterocycles. The van der Waals surface area contributed by atoms with E-state index in [1.807, 2.05) is 11.3 Å². The van der Waals surface area contributed by atoms with E-state index < -0.39 is 0 Å². The number of aromatic nitrogens is 4. The van der Waals surface area contributed by atoms with Crippen molar-refractivity contribution in [3.8, 4) is 34.0 Å². The third-order valence-electron chi connectivity index (χ3n) is 11.1. The summed E-state index contributed by atoms with van der Waals surface area (Å²) in [7, 11) is 0. The normalized spacial score (nSPS) is 12.0. The van der Waals surface area contributed by atoms with E-state index in [-0.39, 0.29) is 0 Å². The molecule has 0 amide bonds. The van der Waals surface area contributed by atoms with Gasteiger partial charge in [0.1, 0.15) is 0 Å². The molecular weight excluding hydrogens is 689 g/mol. The SMILES string of the molecule is c1ccc(-n2c3ccccc3c3cc(-c4ccc5c(c4)c4ccccc4n5-c4nc(-c5ccc6c(c5)sc5ccccc56)c5ccccc5n4)ccc32)cc1. The zero-order valence-electron chi connectivity index (χ0n) is 29.5. The Hall–Kier alpha value is -7.08. The van der Waals surface area contributed by atoms with Crippen molar-refractivity contribution in [3.05, 3.63) is 182 Å². The summed E-state index contributed by atoms with van der Waals surface area (Å²) in [6.07, 6.45) is 0. The molecule has 0 aliphatic carbocycles. The van der Waals surface area contributed by atoms with Gasteiger partial charge in [0.05, 0.1) is 33.3 Å². The van der Waals surface area contributed by atoms with Crippen molar-refractivity contribution in [1.82, 2.24) is 19.1 Å². The highest BCUT2D eigenvalue weighted by Crippen LogP contribution is 2.40. The van der Waals surface area contributed by atoms with Gasteiger partial charge in [0, 0.05) is 58.4 Å². The summed E-state index contributed by atoms with van der Waals surface area (Å²) in [5, 5.41) is 8.45. The highest BCUT2D eigenvalue weighted by molar-refractivity contribution is 7.25. The number of nitrogens with zero attached hydrogens (tertiary/aromatic N) is 4. The summed E-state index contributed by atoms with van der Waals surface area (Å²) in [5.41, 5.74) is 11.0. The van der Waals surface area contributed by atoms with E-state index in [0.717, 1.165) is 38.9 Å². The smallest absolute Gasteiger partial charge is 0.235 e. The van der Waals surface area contributed by atoms with Crippen LogP contribution in [0.3, 0.4) is 0 Å². The molecule has 5 heteroatoms. The number of thiophene rings is 1. The van der Waals surface area contributed by atoms with E-state index in [0.29, 0.717) is 5.95 Å². The van der Waals surface area contributed by atoms with Gasteiger partial charge in [-0.3, -0.25) is 4.57 Å². The molecule has 0 saturated heterocycles. The van der Waals surface area contributed by atoms with Gasteiger partial charge in [-0.25, -0.2) is 9.97 Å². The average molecular weight is 719 g/mol.